The van der Waals surface area contributed by atoms with Gasteiger partial charge in [-0.15, -0.1) is 0 Å². The maximum absolute atomic E-state index is 5.81. The normalized spacial score (nSPS) is 10.5. The van der Waals surface area contributed by atoms with E-state index in [2.05, 4.69) is 34.6 Å². The van der Waals surface area contributed by atoms with E-state index in [1.165, 1.54) is 16.7 Å². The highest BCUT2D eigenvalue weighted by molar-refractivity contribution is 5.28. The third kappa shape index (κ3) is 5.21. The van der Waals surface area contributed by atoms with Crippen LogP contribution in [-0.2, 0) is 19.6 Å². The van der Waals surface area contributed by atoms with Crippen LogP contribution in [0.15, 0.2) is 79.1 Å². The Labute approximate surface area is 143 Å². The number of benzene rings is 2. The molecule has 3 heteroatoms. The van der Waals surface area contributed by atoms with Gasteiger partial charge in [-0.25, -0.2) is 0 Å². The number of hydrogen-bond donors (Lipinski definition) is 1. The largest absolute Gasteiger partial charge is 0.489 e. The number of nitrogens with one attached hydrogen (secondary N) is 1. The molecule has 122 valence electrons. The minimum Gasteiger partial charge on any atom is -0.489 e. The van der Waals surface area contributed by atoms with Crippen molar-refractivity contribution in [1.82, 2.24) is 10.3 Å². The van der Waals surface area contributed by atoms with Gasteiger partial charge in [0.15, 0.2) is 0 Å². The van der Waals surface area contributed by atoms with Gasteiger partial charge in [-0.05, 0) is 53.9 Å². The van der Waals surface area contributed by atoms with Crippen molar-refractivity contribution in [2.24, 2.45) is 0 Å². The van der Waals surface area contributed by atoms with Crippen LogP contribution in [0, 0.1) is 0 Å². The molecule has 0 aliphatic carbocycles. The molecule has 0 bridgehead atoms. The highest BCUT2D eigenvalue weighted by Crippen LogP contribution is 2.14. The molecule has 0 aliphatic rings. The molecule has 3 aromatic rings. The third-order valence-corrected chi connectivity index (χ3v) is 3.84. The zero-order chi connectivity index (χ0) is 16.5. The molecule has 0 atom stereocenters. The van der Waals surface area contributed by atoms with Gasteiger partial charge in [0.2, 0.25) is 0 Å². The lowest BCUT2D eigenvalue weighted by Gasteiger charge is -2.08. The van der Waals surface area contributed by atoms with Gasteiger partial charge in [0.1, 0.15) is 12.4 Å². The summed E-state index contributed by atoms with van der Waals surface area (Å²) < 4.78 is 5.81. The first-order valence-corrected chi connectivity index (χ1v) is 8.25. The lowest BCUT2D eigenvalue weighted by molar-refractivity contribution is 0.306. The minimum absolute atomic E-state index is 0.605. The first kappa shape index (κ1) is 16.2. The third-order valence-electron chi connectivity index (χ3n) is 3.84. The molecule has 1 aromatic heterocycles. The molecule has 3 rings (SSSR count). The molecule has 2 aromatic carbocycles. The lowest BCUT2D eigenvalue weighted by atomic mass is 10.1. The zero-order valence-electron chi connectivity index (χ0n) is 13.7. The Morgan fingerprint density at radius 2 is 1.50 bits per heavy atom. The summed E-state index contributed by atoms with van der Waals surface area (Å²) in [6.45, 7) is 2.43. The Morgan fingerprint density at radius 1 is 0.750 bits per heavy atom. The van der Waals surface area contributed by atoms with Crippen molar-refractivity contribution >= 4 is 0 Å². The van der Waals surface area contributed by atoms with Gasteiger partial charge >= 0.3 is 0 Å². The average molecular weight is 318 g/mol. The fourth-order valence-electron chi connectivity index (χ4n) is 2.46. The van der Waals surface area contributed by atoms with Crippen LogP contribution in [0.25, 0.3) is 0 Å². The van der Waals surface area contributed by atoms with Crippen LogP contribution in [0.2, 0.25) is 0 Å². The van der Waals surface area contributed by atoms with E-state index in [1.54, 1.807) is 0 Å². The SMILES string of the molecule is c1ccc(COc2ccc(CCNCc3ccncc3)cc2)cc1. The molecule has 1 N–H and O–H groups in total. The van der Waals surface area contributed by atoms with Gasteiger partial charge in [0.25, 0.3) is 0 Å². The van der Waals surface area contributed by atoms with Crippen molar-refractivity contribution in [2.45, 2.75) is 19.6 Å². The highest BCUT2D eigenvalue weighted by atomic mass is 16.5. The van der Waals surface area contributed by atoms with E-state index in [-0.39, 0.29) is 0 Å². The number of nitrogens with zero attached hydrogens (tertiary/aromatic N) is 1. The number of ether oxygens (including phenoxy) is 1. The van der Waals surface area contributed by atoms with Gasteiger partial charge in [0.05, 0.1) is 0 Å². The molecule has 0 saturated heterocycles. The summed E-state index contributed by atoms with van der Waals surface area (Å²) >= 11 is 0. The standard InChI is InChI=1S/C21H22N2O/c1-2-4-20(5-3-1)17-24-21-8-6-18(7-9-21)10-15-23-16-19-11-13-22-14-12-19/h1-9,11-14,23H,10,15-17H2. The first-order valence-electron chi connectivity index (χ1n) is 8.25. The van der Waals surface area contributed by atoms with Gasteiger partial charge in [-0.1, -0.05) is 42.5 Å². The van der Waals surface area contributed by atoms with Crippen LogP contribution in [0.3, 0.4) is 0 Å². The van der Waals surface area contributed by atoms with Crippen LogP contribution in [0.4, 0.5) is 0 Å². The average Bonchev–Trinajstić information content (AvgIpc) is 2.66. The Balaban J connectivity index is 1.40. The maximum atomic E-state index is 5.81. The second-order valence-corrected chi connectivity index (χ2v) is 5.70. The summed E-state index contributed by atoms with van der Waals surface area (Å²) in [7, 11) is 0. The van der Waals surface area contributed by atoms with Crippen LogP contribution in [0.1, 0.15) is 16.7 Å². The van der Waals surface area contributed by atoms with E-state index in [1.807, 2.05) is 54.9 Å². The number of pyridine rings is 1. The van der Waals surface area contributed by atoms with Crippen molar-refractivity contribution in [2.75, 3.05) is 6.54 Å². The zero-order valence-corrected chi connectivity index (χ0v) is 13.7. The fraction of sp³-hybridized carbons (Fsp3) is 0.190. The summed E-state index contributed by atoms with van der Waals surface area (Å²) in [5.74, 6) is 0.910. The van der Waals surface area contributed by atoms with E-state index >= 15 is 0 Å². The van der Waals surface area contributed by atoms with Crippen LogP contribution in [0.5, 0.6) is 5.75 Å². The Bertz CT molecular complexity index is 712. The Kier molecular flexibility index (Phi) is 5.98. The number of hydrogen-bond acceptors (Lipinski definition) is 3. The van der Waals surface area contributed by atoms with Crippen LogP contribution in [-0.4, -0.2) is 11.5 Å². The molecule has 0 unspecified atom stereocenters. The van der Waals surface area contributed by atoms with Gasteiger partial charge in [0, 0.05) is 18.9 Å². The smallest absolute Gasteiger partial charge is 0.119 e. The van der Waals surface area contributed by atoms with Crippen LogP contribution < -0.4 is 10.1 Å². The van der Waals surface area contributed by atoms with E-state index in [9.17, 15) is 0 Å². The quantitative estimate of drug-likeness (QED) is 0.638. The number of aromatic nitrogens is 1. The molecular weight excluding hydrogens is 296 g/mol. The predicted molar refractivity (Wildman–Crippen MR) is 96.9 cm³/mol. The molecule has 0 saturated carbocycles. The monoisotopic (exact) mass is 318 g/mol. The summed E-state index contributed by atoms with van der Waals surface area (Å²) in [6.07, 6.45) is 4.65. The topological polar surface area (TPSA) is 34.1 Å². The van der Waals surface area contributed by atoms with Crippen molar-refractivity contribution in [3.63, 3.8) is 0 Å². The summed E-state index contributed by atoms with van der Waals surface area (Å²) in [4.78, 5) is 4.02. The summed E-state index contributed by atoms with van der Waals surface area (Å²) in [5, 5.41) is 3.45. The molecule has 3 nitrogen and oxygen atoms in total. The molecule has 0 fully saturated rings. The van der Waals surface area contributed by atoms with Crippen molar-refractivity contribution < 1.29 is 4.74 Å². The van der Waals surface area contributed by atoms with E-state index in [4.69, 9.17) is 4.74 Å². The maximum Gasteiger partial charge on any atom is 0.119 e. The van der Waals surface area contributed by atoms with E-state index in [0.29, 0.717) is 6.61 Å². The molecule has 0 radical (unpaired) electrons. The van der Waals surface area contributed by atoms with Crippen molar-refractivity contribution in [3.8, 4) is 5.75 Å². The predicted octanol–water partition coefficient (Wildman–Crippen LogP) is 3.99. The molecule has 0 amide bonds. The van der Waals surface area contributed by atoms with Crippen molar-refractivity contribution in [1.29, 1.82) is 0 Å². The van der Waals surface area contributed by atoms with Gasteiger partial charge in [-0.3, -0.25) is 4.98 Å². The second kappa shape index (κ2) is 8.85. The minimum atomic E-state index is 0.605. The molecular formula is C21H22N2O. The number of rotatable bonds is 8. The molecule has 0 spiro atoms. The molecule has 24 heavy (non-hydrogen) atoms. The van der Waals surface area contributed by atoms with E-state index in [0.717, 1.165) is 25.3 Å². The fourth-order valence-corrected chi connectivity index (χ4v) is 2.46. The van der Waals surface area contributed by atoms with Gasteiger partial charge < -0.3 is 10.1 Å². The van der Waals surface area contributed by atoms with E-state index < -0.39 is 0 Å². The lowest BCUT2D eigenvalue weighted by Crippen LogP contribution is -2.16. The second-order valence-electron chi connectivity index (χ2n) is 5.70. The molecule has 0 aliphatic heterocycles. The highest BCUT2D eigenvalue weighted by Gasteiger charge is 1.98. The summed E-state index contributed by atoms with van der Waals surface area (Å²) in [5.41, 5.74) is 3.75. The first-order chi connectivity index (χ1) is 11.9. The van der Waals surface area contributed by atoms with Crippen LogP contribution >= 0.6 is 0 Å². The summed E-state index contributed by atoms with van der Waals surface area (Å²) in [6, 6.07) is 22.6. The van der Waals surface area contributed by atoms with Crippen molar-refractivity contribution in [3.05, 3.63) is 95.8 Å². The van der Waals surface area contributed by atoms with Gasteiger partial charge in [-0.2, -0.15) is 0 Å². The Morgan fingerprint density at radius 3 is 2.25 bits per heavy atom. The molecule has 1 heterocycles. The Hall–Kier alpha value is -2.65.